The normalized spacial score (nSPS) is 17.4. The van der Waals surface area contributed by atoms with Crippen molar-refractivity contribution in [3.8, 4) is 5.75 Å². The maximum absolute atomic E-state index is 13.4. The summed E-state index contributed by atoms with van der Waals surface area (Å²) in [6, 6.07) is 11.5. The van der Waals surface area contributed by atoms with Gasteiger partial charge in [0, 0.05) is 41.3 Å². The van der Waals surface area contributed by atoms with E-state index in [0.717, 1.165) is 12.0 Å². The topological polar surface area (TPSA) is 115 Å². The first kappa shape index (κ1) is 29.8. The summed E-state index contributed by atoms with van der Waals surface area (Å²) in [7, 11) is -4.05. The number of rotatable bonds is 11. The van der Waals surface area contributed by atoms with Gasteiger partial charge in [-0.2, -0.15) is 26.7 Å². The van der Waals surface area contributed by atoms with Crippen LogP contribution in [0.4, 0.5) is 13.2 Å². The number of carbonyl (C=O) groups excluding carboxylic acids is 1. The molecule has 9 nitrogen and oxygen atoms in total. The minimum atomic E-state index is -5.85. The number of hydrogen-bond donors (Lipinski definition) is 2. The van der Waals surface area contributed by atoms with Gasteiger partial charge < -0.3 is 15.0 Å². The van der Waals surface area contributed by atoms with Crippen molar-refractivity contribution in [2.45, 2.75) is 50.3 Å². The van der Waals surface area contributed by atoms with E-state index in [-0.39, 0.29) is 23.9 Å². The van der Waals surface area contributed by atoms with E-state index < -0.39 is 21.7 Å². The van der Waals surface area contributed by atoms with Crippen LogP contribution in [-0.2, 0) is 34.2 Å². The van der Waals surface area contributed by atoms with Crippen LogP contribution in [-0.4, -0.2) is 53.7 Å². The number of nitrogens with one attached hydrogen (secondary N) is 2. The van der Waals surface area contributed by atoms with Gasteiger partial charge in [-0.25, -0.2) is 0 Å². The number of ketones is 1. The van der Waals surface area contributed by atoms with Crippen molar-refractivity contribution < 1.29 is 35.3 Å². The molecule has 1 aliphatic rings. The van der Waals surface area contributed by atoms with Crippen LogP contribution in [0.25, 0.3) is 10.9 Å². The molecule has 13 heteroatoms. The maximum Gasteiger partial charge on any atom is 0.523 e. The van der Waals surface area contributed by atoms with Crippen LogP contribution in [0.2, 0.25) is 0 Å². The molecule has 2 heterocycles. The van der Waals surface area contributed by atoms with Gasteiger partial charge in [-0.1, -0.05) is 19.1 Å². The van der Waals surface area contributed by atoms with Crippen LogP contribution >= 0.6 is 0 Å². The fourth-order valence-electron chi connectivity index (χ4n) is 5.20. The lowest BCUT2D eigenvalue weighted by Crippen LogP contribution is -2.39. The molecular weight excluding hydrogens is 573 g/mol. The van der Waals surface area contributed by atoms with Crippen LogP contribution in [0.3, 0.4) is 0 Å². The Morgan fingerprint density at radius 1 is 1.19 bits per heavy atom. The molecule has 0 radical (unpaired) electrons. The van der Waals surface area contributed by atoms with Gasteiger partial charge >= 0.3 is 15.6 Å². The van der Waals surface area contributed by atoms with Crippen molar-refractivity contribution in [1.82, 2.24) is 20.1 Å². The van der Waals surface area contributed by atoms with Gasteiger partial charge in [-0.15, -0.1) is 0 Å². The molecule has 2 aromatic heterocycles. The second kappa shape index (κ2) is 11.9. The minimum absolute atomic E-state index is 0.00148. The predicted octanol–water partition coefficient (Wildman–Crippen LogP) is 4.98. The maximum atomic E-state index is 13.4. The smallest absolute Gasteiger partial charge is 0.494 e. The van der Waals surface area contributed by atoms with E-state index in [1.807, 2.05) is 13.1 Å². The van der Waals surface area contributed by atoms with Crippen molar-refractivity contribution in [2.75, 3.05) is 13.2 Å². The van der Waals surface area contributed by atoms with Crippen LogP contribution in [0.1, 0.15) is 58.6 Å². The fourth-order valence-corrected chi connectivity index (χ4v) is 5.79. The van der Waals surface area contributed by atoms with Crippen molar-refractivity contribution in [1.29, 1.82) is 0 Å². The number of nitrogens with zero attached hydrogens (tertiary/aromatic N) is 2. The number of aryl methyl sites for hydroxylation is 1. The van der Waals surface area contributed by atoms with Crippen molar-refractivity contribution in [3.05, 3.63) is 82.8 Å². The van der Waals surface area contributed by atoms with E-state index in [1.165, 1.54) is 0 Å². The SMILES string of the molecule is CCCOc1cccc(C(=O)c2ccc3[nH]c4c(c3c2)CC(NCCc2cnn(C)c2)CC4OS(=O)(=O)C(F)(F)F)c1. The summed E-state index contributed by atoms with van der Waals surface area (Å²) in [5.41, 5.74) is -2.35. The van der Waals surface area contributed by atoms with Gasteiger partial charge in [0.15, 0.2) is 5.78 Å². The van der Waals surface area contributed by atoms with Crippen LogP contribution in [0.15, 0.2) is 54.9 Å². The Labute approximate surface area is 241 Å². The standard InChI is InChI=1S/C29H31F3N4O5S/c1-3-11-40-22-6-4-5-19(12-22)28(37)20-7-8-25-23(13-20)24-14-21(33-10-9-18-16-34-36(2)17-18)15-26(27(24)35-25)41-42(38,39)29(30,31)32/h4-8,12-13,16-17,21,26,33,35H,3,9-11,14-15H2,1-2H3. The number of halogens is 3. The van der Waals surface area contributed by atoms with Gasteiger partial charge in [0.25, 0.3) is 0 Å². The van der Waals surface area contributed by atoms with Gasteiger partial charge in [0.1, 0.15) is 11.9 Å². The zero-order valence-electron chi connectivity index (χ0n) is 23.1. The first-order valence-electron chi connectivity index (χ1n) is 13.6. The third-order valence-corrected chi connectivity index (χ3v) is 8.23. The summed E-state index contributed by atoms with van der Waals surface area (Å²) in [6.07, 6.45) is 4.04. The molecule has 0 fully saturated rings. The summed E-state index contributed by atoms with van der Waals surface area (Å²) in [6.45, 7) is 2.99. The number of fused-ring (bicyclic) bond motifs is 3. The number of ether oxygens (including phenoxy) is 1. The van der Waals surface area contributed by atoms with Crippen molar-refractivity contribution in [2.24, 2.45) is 7.05 Å². The lowest BCUT2D eigenvalue weighted by atomic mass is 9.88. The van der Waals surface area contributed by atoms with Gasteiger partial charge in [-0.3, -0.25) is 13.7 Å². The first-order chi connectivity index (χ1) is 19.9. The molecule has 2 aromatic carbocycles. The third kappa shape index (κ3) is 6.37. The largest absolute Gasteiger partial charge is 0.523 e. The Kier molecular flexibility index (Phi) is 8.44. The lowest BCUT2D eigenvalue weighted by Gasteiger charge is -2.30. The summed E-state index contributed by atoms with van der Waals surface area (Å²) < 4.78 is 75.9. The number of hydrogen-bond acceptors (Lipinski definition) is 7. The fraction of sp³-hybridized carbons (Fsp3) is 0.379. The molecule has 0 saturated heterocycles. The molecule has 0 aliphatic heterocycles. The molecule has 2 atom stereocenters. The van der Waals surface area contributed by atoms with Gasteiger partial charge in [0.05, 0.1) is 18.5 Å². The van der Waals surface area contributed by atoms with E-state index >= 15 is 0 Å². The van der Waals surface area contributed by atoms with Crippen molar-refractivity contribution >= 4 is 26.8 Å². The summed E-state index contributed by atoms with van der Waals surface area (Å²) in [4.78, 5) is 16.5. The zero-order valence-corrected chi connectivity index (χ0v) is 23.9. The molecule has 0 spiro atoms. The Hall–Kier alpha value is -3.68. The number of aromatic nitrogens is 3. The average molecular weight is 605 g/mol. The van der Waals surface area contributed by atoms with E-state index in [9.17, 15) is 26.4 Å². The van der Waals surface area contributed by atoms with Crippen LogP contribution < -0.4 is 10.1 Å². The number of aromatic amines is 1. The third-order valence-electron chi connectivity index (χ3n) is 7.17. The Bertz CT molecular complexity index is 1700. The summed E-state index contributed by atoms with van der Waals surface area (Å²) in [5, 5.41) is 8.08. The molecule has 0 bridgehead atoms. The van der Waals surface area contributed by atoms with Crippen LogP contribution in [0, 0.1) is 0 Å². The number of carbonyl (C=O) groups is 1. The number of H-pyrrole nitrogens is 1. The predicted molar refractivity (Wildman–Crippen MR) is 150 cm³/mol. The average Bonchev–Trinajstić information content (AvgIpc) is 3.53. The Balaban J connectivity index is 1.45. The highest BCUT2D eigenvalue weighted by molar-refractivity contribution is 7.87. The zero-order chi connectivity index (χ0) is 30.1. The summed E-state index contributed by atoms with van der Waals surface area (Å²) in [5.74, 6) is 0.331. The van der Waals surface area contributed by atoms with Crippen LogP contribution in [0.5, 0.6) is 5.75 Å². The summed E-state index contributed by atoms with van der Waals surface area (Å²) >= 11 is 0. The second-order valence-electron chi connectivity index (χ2n) is 10.3. The van der Waals surface area contributed by atoms with E-state index in [4.69, 9.17) is 8.92 Å². The second-order valence-corrected chi connectivity index (χ2v) is 11.9. The molecule has 42 heavy (non-hydrogen) atoms. The molecule has 0 amide bonds. The van der Waals surface area contributed by atoms with Gasteiger partial charge in [-0.05, 0) is 73.7 Å². The lowest BCUT2D eigenvalue weighted by molar-refractivity contribution is -0.0584. The molecule has 2 N–H and O–H groups in total. The molecule has 4 aromatic rings. The molecule has 2 unspecified atom stereocenters. The molecule has 1 aliphatic carbocycles. The number of benzene rings is 2. The Morgan fingerprint density at radius 3 is 2.69 bits per heavy atom. The molecule has 5 rings (SSSR count). The van der Waals surface area contributed by atoms with E-state index in [0.29, 0.717) is 59.3 Å². The van der Waals surface area contributed by atoms with E-state index in [1.54, 1.807) is 60.4 Å². The highest BCUT2D eigenvalue weighted by atomic mass is 32.2. The van der Waals surface area contributed by atoms with Gasteiger partial charge in [0.2, 0.25) is 0 Å². The highest BCUT2D eigenvalue weighted by Crippen LogP contribution is 2.40. The quantitative estimate of drug-likeness (QED) is 0.141. The monoisotopic (exact) mass is 604 g/mol. The molecule has 0 saturated carbocycles. The minimum Gasteiger partial charge on any atom is -0.494 e. The van der Waals surface area contributed by atoms with Crippen molar-refractivity contribution in [3.63, 3.8) is 0 Å². The first-order valence-corrected chi connectivity index (χ1v) is 15.0. The molecular formula is C29H31F3N4O5S. The van der Waals surface area contributed by atoms with E-state index in [2.05, 4.69) is 15.4 Å². The Morgan fingerprint density at radius 2 is 1.98 bits per heavy atom. The number of alkyl halides is 3. The highest BCUT2D eigenvalue weighted by Gasteiger charge is 2.50. The molecule has 224 valence electrons.